The number of aryl methyl sites for hydroxylation is 2. The molecular weight excluding hydrogens is 388 g/mol. The Morgan fingerprint density at radius 1 is 1.12 bits per heavy atom. The minimum Gasteiger partial charge on any atom is -0.330 e. The molecule has 0 aliphatic rings. The average Bonchev–Trinajstić information content (AvgIpc) is 2.95. The maximum atomic E-state index is 12.6. The Bertz CT molecular complexity index is 1150. The Morgan fingerprint density at radius 3 is 2.75 bits per heavy atom. The zero-order valence-electron chi connectivity index (χ0n) is 13.0. The van der Waals surface area contributed by atoms with Gasteiger partial charge in [0.25, 0.3) is 5.56 Å². The van der Waals surface area contributed by atoms with Crippen molar-refractivity contribution >= 4 is 53.9 Å². The van der Waals surface area contributed by atoms with Gasteiger partial charge in [-0.2, -0.15) is 4.52 Å². The first-order valence-corrected chi connectivity index (χ1v) is 8.95. The van der Waals surface area contributed by atoms with Crippen molar-refractivity contribution < 1.29 is 0 Å². The molecule has 0 bridgehead atoms. The highest BCUT2D eigenvalue weighted by Gasteiger charge is 2.11. The van der Waals surface area contributed by atoms with Crippen LogP contribution in [0.4, 0.5) is 10.8 Å². The third-order valence-electron chi connectivity index (χ3n) is 3.92. The molecule has 2 heterocycles. The summed E-state index contributed by atoms with van der Waals surface area (Å²) in [5.74, 6) is 0. The van der Waals surface area contributed by atoms with Gasteiger partial charge < -0.3 is 5.32 Å². The Hall–Kier alpha value is -2.25. The first kappa shape index (κ1) is 15.3. The molecule has 0 fully saturated rings. The van der Waals surface area contributed by atoms with E-state index in [0.717, 1.165) is 10.2 Å². The summed E-state index contributed by atoms with van der Waals surface area (Å²) in [5, 5.41) is 8.81. The van der Waals surface area contributed by atoms with E-state index in [-0.39, 0.29) is 5.56 Å². The van der Waals surface area contributed by atoms with Crippen molar-refractivity contribution in [3.63, 3.8) is 0 Å². The Balaban J connectivity index is 1.83. The lowest BCUT2D eigenvalue weighted by atomic mass is 10.1. The molecule has 7 heteroatoms. The lowest BCUT2D eigenvalue weighted by Gasteiger charge is -2.05. The van der Waals surface area contributed by atoms with Gasteiger partial charge in [0, 0.05) is 10.2 Å². The first-order valence-electron chi connectivity index (χ1n) is 7.35. The number of halogens is 1. The summed E-state index contributed by atoms with van der Waals surface area (Å²) in [6, 6.07) is 11.6. The molecule has 2 aromatic carbocycles. The summed E-state index contributed by atoms with van der Waals surface area (Å²) in [7, 11) is 0. The van der Waals surface area contributed by atoms with Gasteiger partial charge in [0.2, 0.25) is 10.1 Å². The maximum Gasteiger partial charge on any atom is 0.283 e. The summed E-state index contributed by atoms with van der Waals surface area (Å²) in [6.07, 6.45) is 0. The van der Waals surface area contributed by atoms with Gasteiger partial charge in [0.15, 0.2) is 0 Å². The van der Waals surface area contributed by atoms with E-state index in [1.165, 1.54) is 27.0 Å². The summed E-state index contributed by atoms with van der Waals surface area (Å²) in [6.45, 7) is 4.14. The lowest BCUT2D eigenvalue weighted by molar-refractivity contribution is 0.919. The van der Waals surface area contributed by atoms with E-state index >= 15 is 0 Å². The predicted molar refractivity (Wildman–Crippen MR) is 102 cm³/mol. The van der Waals surface area contributed by atoms with Crippen molar-refractivity contribution in [1.82, 2.24) is 14.6 Å². The quantitative estimate of drug-likeness (QED) is 0.540. The number of nitrogens with one attached hydrogen (secondary N) is 1. The number of hydrogen-bond donors (Lipinski definition) is 1. The van der Waals surface area contributed by atoms with Crippen LogP contribution < -0.4 is 10.9 Å². The highest BCUT2D eigenvalue weighted by Crippen LogP contribution is 2.24. The van der Waals surface area contributed by atoms with Gasteiger partial charge in [-0.05, 0) is 55.3 Å². The first-order chi connectivity index (χ1) is 11.5. The fourth-order valence-corrected chi connectivity index (χ4v) is 3.65. The number of aromatic nitrogens is 3. The molecule has 4 rings (SSSR count). The van der Waals surface area contributed by atoms with Crippen LogP contribution in [0.1, 0.15) is 11.1 Å². The van der Waals surface area contributed by atoms with Gasteiger partial charge in [0.1, 0.15) is 0 Å². The molecule has 0 aliphatic carbocycles. The molecular formula is C17H13BrN4OS. The van der Waals surface area contributed by atoms with Crippen LogP contribution in [0.15, 0.2) is 45.7 Å². The van der Waals surface area contributed by atoms with Crippen molar-refractivity contribution in [1.29, 1.82) is 0 Å². The fourth-order valence-electron chi connectivity index (χ4n) is 2.47. The second kappa shape index (κ2) is 5.68. The van der Waals surface area contributed by atoms with E-state index in [2.05, 4.69) is 57.3 Å². The minimum atomic E-state index is -0.166. The number of rotatable bonds is 2. The molecule has 0 amide bonds. The van der Waals surface area contributed by atoms with Crippen molar-refractivity contribution in [3.8, 4) is 0 Å². The Kier molecular flexibility index (Phi) is 3.62. The Labute approximate surface area is 150 Å². The van der Waals surface area contributed by atoms with Gasteiger partial charge >= 0.3 is 0 Å². The summed E-state index contributed by atoms with van der Waals surface area (Å²) >= 11 is 4.74. The average molecular weight is 401 g/mol. The second-order valence-electron chi connectivity index (χ2n) is 5.60. The van der Waals surface area contributed by atoms with Crippen LogP contribution in [0.25, 0.3) is 15.9 Å². The van der Waals surface area contributed by atoms with Crippen molar-refractivity contribution in [2.75, 3.05) is 5.32 Å². The molecule has 120 valence electrons. The molecule has 0 unspecified atom stereocenters. The second-order valence-corrected chi connectivity index (χ2v) is 7.48. The van der Waals surface area contributed by atoms with E-state index < -0.39 is 0 Å². The summed E-state index contributed by atoms with van der Waals surface area (Å²) in [5.41, 5.74) is 3.88. The number of hydrogen-bond acceptors (Lipinski definition) is 5. The topological polar surface area (TPSA) is 59.3 Å². The molecule has 0 saturated carbocycles. The van der Waals surface area contributed by atoms with E-state index in [1.54, 1.807) is 6.07 Å². The zero-order chi connectivity index (χ0) is 16.8. The molecule has 4 aromatic rings. The molecule has 0 aliphatic heterocycles. The molecule has 5 nitrogen and oxygen atoms in total. The van der Waals surface area contributed by atoms with Gasteiger partial charge in [-0.15, -0.1) is 5.10 Å². The molecule has 0 saturated heterocycles. The summed E-state index contributed by atoms with van der Waals surface area (Å²) in [4.78, 5) is 17.7. The normalized spacial score (nSPS) is 11.3. The standard InChI is InChI=1S/C17H13BrN4OS/c1-9-3-5-12(7-10(9)2)19-16-21-22-15(23)13-8-11(18)4-6-14(13)20-17(22)24-16/h3-8H,1-2H3,(H,19,21). The van der Waals surface area contributed by atoms with E-state index in [4.69, 9.17) is 0 Å². The molecule has 0 spiro atoms. The van der Waals surface area contributed by atoms with Gasteiger partial charge in [-0.1, -0.05) is 33.3 Å². The molecule has 0 atom stereocenters. The van der Waals surface area contributed by atoms with E-state index in [1.807, 2.05) is 18.2 Å². The molecule has 24 heavy (non-hydrogen) atoms. The van der Waals surface area contributed by atoms with Crippen LogP contribution in [0.5, 0.6) is 0 Å². The molecule has 2 aromatic heterocycles. The van der Waals surface area contributed by atoms with Crippen LogP contribution in [-0.4, -0.2) is 14.6 Å². The number of fused-ring (bicyclic) bond motifs is 2. The summed E-state index contributed by atoms with van der Waals surface area (Å²) < 4.78 is 2.19. The fraction of sp³-hybridized carbons (Fsp3) is 0.118. The predicted octanol–water partition coefficient (Wildman–Crippen LogP) is 4.43. The molecule has 0 radical (unpaired) electrons. The van der Waals surface area contributed by atoms with Crippen LogP contribution in [0.2, 0.25) is 0 Å². The SMILES string of the molecule is Cc1ccc(Nc2nn3c(=O)c4cc(Br)ccc4nc3s2)cc1C. The van der Waals surface area contributed by atoms with Crippen molar-refractivity contribution in [3.05, 3.63) is 62.4 Å². The van der Waals surface area contributed by atoms with E-state index in [9.17, 15) is 4.79 Å². The van der Waals surface area contributed by atoms with Gasteiger partial charge in [-0.25, -0.2) is 4.98 Å². The highest BCUT2D eigenvalue weighted by atomic mass is 79.9. The van der Waals surface area contributed by atoms with Crippen LogP contribution >= 0.6 is 27.3 Å². The third kappa shape index (κ3) is 2.59. The number of anilines is 2. The van der Waals surface area contributed by atoms with Gasteiger partial charge in [0.05, 0.1) is 10.9 Å². The van der Waals surface area contributed by atoms with Gasteiger partial charge in [-0.3, -0.25) is 4.79 Å². The van der Waals surface area contributed by atoms with E-state index in [0.29, 0.717) is 21.0 Å². The lowest BCUT2D eigenvalue weighted by Crippen LogP contribution is -2.15. The van der Waals surface area contributed by atoms with Crippen LogP contribution in [-0.2, 0) is 0 Å². The smallest absolute Gasteiger partial charge is 0.283 e. The van der Waals surface area contributed by atoms with Crippen LogP contribution in [0.3, 0.4) is 0 Å². The number of benzene rings is 2. The van der Waals surface area contributed by atoms with Crippen molar-refractivity contribution in [2.45, 2.75) is 13.8 Å². The maximum absolute atomic E-state index is 12.6. The monoisotopic (exact) mass is 400 g/mol. The minimum absolute atomic E-state index is 0.166. The zero-order valence-corrected chi connectivity index (χ0v) is 15.4. The van der Waals surface area contributed by atoms with Crippen molar-refractivity contribution in [2.24, 2.45) is 0 Å². The molecule has 1 N–H and O–H groups in total. The number of nitrogens with zero attached hydrogens (tertiary/aromatic N) is 3. The Morgan fingerprint density at radius 2 is 1.96 bits per heavy atom. The third-order valence-corrected chi connectivity index (χ3v) is 5.23. The van der Waals surface area contributed by atoms with Crippen LogP contribution in [0, 0.1) is 13.8 Å². The largest absolute Gasteiger partial charge is 0.330 e. The highest BCUT2D eigenvalue weighted by molar-refractivity contribution is 9.10.